The van der Waals surface area contributed by atoms with Gasteiger partial charge in [0, 0.05) is 38.8 Å². The number of carbonyl (C=O) groups is 2. The Labute approximate surface area is 161 Å². The molecule has 0 spiro atoms. The number of nitrogens with one attached hydrogen (secondary N) is 2. The molecule has 1 fully saturated rings. The zero-order valence-electron chi connectivity index (χ0n) is 15.7. The molecule has 10 nitrogen and oxygen atoms in total. The van der Waals surface area contributed by atoms with Crippen LogP contribution in [0.5, 0.6) is 5.88 Å². The number of carbonyl (C=O) groups excluding carboxylic acids is 2. The molecule has 2 amide bonds. The molecule has 2 aromatic heterocycles. The molecule has 0 bridgehead atoms. The smallest absolute Gasteiger partial charge is 0.274 e. The molecule has 10 heteroatoms. The summed E-state index contributed by atoms with van der Waals surface area (Å²) in [4.78, 5) is 31.9. The van der Waals surface area contributed by atoms with Gasteiger partial charge in [-0.05, 0) is 12.1 Å². The highest BCUT2D eigenvalue weighted by Crippen LogP contribution is 2.18. The highest BCUT2D eigenvalue weighted by molar-refractivity contribution is 6.06. The standard InChI is InChI=1S/C18H21N7O3/c1-23-7-8-24(11-17(23)26)18(27)14-9-15(13(20)5-6-19)25(22-14)12-3-4-16(28-2)21-10-12/h3-4,6,9-10,19-20H,5,7-8,11H2,1-2H3. The lowest BCUT2D eigenvalue weighted by molar-refractivity contribution is -0.133. The maximum Gasteiger partial charge on any atom is 0.274 e. The van der Waals surface area contributed by atoms with Gasteiger partial charge in [-0.3, -0.25) is 9.59 Å². The molecular weight excluding hydrogens is 362 g/mol. The Hall–Kier alpha value is -3.56. The predicted molar refractivity (Wildman–Crippen MR) is 102 cm³/mol. The van der Waals surface area contributed by atoms with Crippen LogP contribution in [0.3, 0.4) is 0 Å². The molecular formula is C18H21N7O3. The van der Waals surface area contributed by atoms with E-state index in [2.05, 4.69) is 10.1 Å². The number of amides is 2. The quantitative estimate of drug-likeness (QED) is 0.706. The third-order valence-corrected chi connectivity index (χ3v) is 4.46. The maximum atomic E-state index is 12.9. The first-order valence-corrected chi connectivity index (χ1v) is 8.65. The molecule has 1 aliphatic rings. The molecule has 2 N–H and O–H groups in total. The van der Waals surface area contributed by atoms with Crippen LogP contribution in [0.1, 0.15) is 22.6 Å². The van der Waals surface area contributed by atoms with Crippen LogP contribution >= 0.6 is 0 Å². The van der Waals surface area contributed by atoms with Gasteiger partial charge in [0.25, 0.3) is 5.91 Å². The topological polar surface area (TPSA) is 128 Å². The van der Waals surface area contributed by atoms with E-state index in [1.807, 2.05) is 0 Å². The maximum absolute atomic E-state index is 12.9. The van der Waals surface area contributed by atoms with Gasteiger partial charge in [-0.1, -0.05) is 0 Å². The first kappa shape index (κ1) is 19.2. The number of aromatic nitrogens is 3. The van der Waals surface area contributed by atoms with Crippen molar-refractivity contribution in [3.8, 4) is 11.6 Å². The van der Waals surface area contributed by atoms with Gasteiger partial charge in [0.1, 0.15) is 6.54 Å². The summed E-state index contributed by atoms with van der Waals surface area (Å²) < 4.78 is 6.50. The van der Waals surface area contributed by atoms with Crippen molar-refractivity contribution in [2.24, 2.45) is 0 Å². The summed E-state index contributed by atoms with van der Waals surface area (Å²) in [6.45, 7) is 0.884. The van der Waals surface area contributed by atoms with Gasteiger partial charge in [-0.15, -0.1) is 0 Å². The van der Waals surface area contributed by atoms with E-state index in [4.69, 9.17) is 15.6 Å². The summed E-state index contributed by atoms with van der Waals surface area (Å²) in [6, 6.07) is 4.89. The minimum Gasteiger partial charge on any atom is -0.481 e. The molecule has 3 heterocycles. The van der Waals surface area contributed by atoms with E-state index < -0.39 is 0 Å². The van der Waals surface area contributed by atoms with E-state index >= 15 is 0 Å². The molecule has 0 saturated carbocycles. The van der Waals surface area contributed by atoms with Crippen LogP contribution in [0, 0.1) is 10.8 Å². The zero-order valence-corrected chi connectivity index (χ0v) is 15.7. The molecule has 0 atom stereocenters. The molecule has 0 aliphatic carbocycles. The Morgan fingerprint density at radius 3 is 2.75 bits per heavy atom. The number of piperazine rings is 1. The third kappa shape index (κ3) is 3.75. The Morgan fingerprint density at radius 1 is 1.36 bits per heavy atom. The van der Waals surface area contributed by atoms with Gasteiger partial charge in [0.15, 0.2) is 5.69 Å². The fourth-order valence-corrected chi connectivity index (χ4v) is 2.82. The van der Waals surface area contributed by atoms with Gasteiger partial charge in [0.05, 0.1) is 30.4 Å². The summed E-state index contributed by atoms with van der Waals surface area (Å²) in [5.74, 6) is -0.0694. The highest BCUT2D eigenvalue weighted by atomic mass is 16.5. The van der Waals surface area contributed by atoms with Crippen LogP contribution in [0.4, 0.5) is 0 Å². The van der Waals surface area contributed by atoms with Crippen LogP contribution < -0.4 is 4.74 Å². The van der Waals surface area contributed by atoms with E-state index in [9.17, 15) is 9.59 Å². The monoisotopic (exact) mass is 383 g/mol. The second kappa shape index (κ2) is 7.99. The number of hydrogen-bond donors (Lipinski definition) is 2. The van der Waals surface area contributed by atoms with E-state index in [0.29, 0.717) is 30.4 Å². The number of hydrogen-bond acceptors (Lipinski definition) is 7. The summed E-state index contributed by atoms with van der Waals surface area (Å²) in [5, 5.41) is 19.8. The Morgan fingerprint density at radius 2 is 2.14 bits per heavy atom. The van der Waals surface area contributed by atoms with E-state index in [1.54, 1.807) is 24.1 Å². The molecule has 0 unspecified atom stereocenters. The van der Waals surface area contributed by atoms with Crippen molar-refractivity contribution in [2.45, 2.75) is 6.42 Å². The van der Waals surface area contributed by atoms with Gasteiger partial charge < -0.3 is 25.4 Å². The summed E-state index contributed by atoms with van der Waals surface area (Å²) in [6.07, 6.45) is 2.75. The largest absolute Gasteiger partial charge is 0.481 e. The first-order valence-electron chi connectivity index (χ1n) is 8.65. The second-order valence-electron chi connectivity index (χ2n) is 6.31. The first-order chi connectivity index (χ1) is 13.4. The Kier molecular flexibility index (Phi) is 5.48. The average molecular weight is 383 g/mol. The van der Waals surface area contributed by atoms with Crippen molar-refractivity contribution < 1.29 is 14.3 Å². The fourth-order valence-electron chi connectivity index (χ4n) is 2.82. The number of ether oxygens (including phenoxy) is 1. The van der Waals surface area contributed by atoms with E-state index in [1.165, 1.54) is 29.0 Å². The lowest BCUT2D eigenvalue weighted by Crippen LogP contribution is -2.50. The van der Waals surface area contributed by atoms with Crippen LogP contribution in [0.25, 0.3) is 5.69 Å². The van der Waals surface area contributed by atoms with Crippen LogP contribution in [-0.4, -0.2) is 82.1 Å². The van der Waals surface area contributed by atoms with Gasteiger partial charge in [-0.2, -0.15) is 5.10 Å². The van der Waals surface area contributed by atoms with Crippen LogP contribution in [0.15, 0.2) is 24.4 Å². The normalized spacial score (nSPS) is 14.1. The van der Waals surface area contributed by atoms with Crippen molar-refractivity contribution in [1.82, 2.24) is 24.6 Å². The van der Waals surface area contributed by atoms with E-state index in [0.717, 1.165) is 6.21 Å². The summed E-state index contributed by atoms with van der Waals surface area (Å²) >= 11 is 0. The fraction of sp³-hybridized carbons (Fsp3) is 0.333. The summed E-state index contributed by atoms with van der Waals surface area (Å²) in [7, 11) is 3.21. The molecule has 146 valence electrons. The predicted octanol–water partition coefficient (Wildman–Crippen LogP) is 0.598. The number of methoxy groups -OCH3 is 1. The number of pyridine rings is 1. The lowest BCUT2D eigenvalue weighted by Gasteiger charge is -2.31. The third-order valence-electron chi connectivity index (χ3n) is 4.46. The van der Waals surface area contributed by atoms with Gasteiger partial charge >= 0.3 is 0 Å². The van der Waals surface area contributed by atoms with Crippen molar-refractivity contribution >= 4 is 23.7 Å². The molecule has 0 aromatic carbocycles. The van der Waals surface area contributed by atoms with Crippen molar-refractivity contribution in [3.05, 3.63) is 35.8 Å². The van der Waals surface area contributed by atoms with Gasteiger partial charge in [0.2, 0.25) is 11.8 Å². The van der Waals surface area contributed by atoms with Crippen LogP contribution in [-0.2, 0) is 4.79 Å². The average Bonchev–Trinajstić information content (AvgIpc) is 3.15. The van der Waals surface area contributed by atoms with Crippen molar-refractivity contribution in [3.63, 3.8) is 0 Å². The minimum atomic E-state index is -0.370. The number of likely N-dealkylation sites (N-methyl/N-ethyl adjacent to an activating group) is 1. The molecule has 28 heavy (non-hydrogen) atoms. The van der Waals surface area contributed by atoms with E-state index in [-0.39, 0.29) is 36.2 Å². The highest BCUT2D eigenvalue weighted by Gasteiger charge is 2.28. The van der Waals surface area contributed by atoms with Crippen LogP contribution in [0.2, 0.25) is 0 Å². The second-order valence-corrected chi connectivity index (χ2v) is 6.31. The number of rotatable bonds is 6. The van der Waals surface area contributed by atoms with Gasteiger partial charge in [-0.25, -0.2) is 9.67 Å². The van der Waals surface area contributed by atoms with Crippen molar-refractivity contribution in [2.75, 3.05) is 33.8 Å². The minimum absolute atomic E-state index is 0.000434. The molecule has 2 aromatic rings. The molecule has 1 saturated heterocycles. The zero-order chi connectivity index (χ0) is 20.3. The molecule has 1 aliphatic heterocycles. The lowest BCUT2D eigenvalue weighted by atomic mass is 10.2. The molecule has 0 radical (unpaired) electrons. The van der Waals surface area contributed by atoms with Crippen molar-refractivity contribution in [1.29, 1.82) is 10.8 Å². The SMILES string of the molecule is COc1ccc(-n2nc(C(=O)N3CCN(C)C(=O)C3)cc2C(=N)CC=N)cn1. The molecule has 3 rings (SSSR count). The number of nitrogens with zero attached hydrogens (tertiary/aromatic N) is 5. The Balaban J connectivity index is 1.96. The summed E-state index contributed by atoms with van der Waals surface area (Å²) in [5.41, 5.74) is 1.23. The Bertz CT molecular complexity index is 920.